The number of halogens is 1. The SMILES string of the molecule is COC(=O)C1=C(Nc2ccccc2-n2cc(Br)cn2)C(=O)N(CCO)C1. The van der Waals surface area contributed by atoms with Gasteiger partial charge in [-0.25, -0.2) is 9.48 Å². The molecular formula is C17H17BrN4O4. The van der Waals surface area contributed by atoms with E-state index in [9.17, 15) is 9.59 Å². The molecule has 3 rings (SSSR count). The van der Waals surface area contributed by atoms with Crippen LogP contribution in [0.15, 0.2) is 52.4 Å². The van der Waals surface area contributed by atoms with E-state index >= 15 is 0 Å². The highest BCUT2D eigenvalue weighted by atomic mass is 79.9. The topological polar surface area (TPSA) is 96.7 Å². The number of ether oxygens (including phenoxy) is 1. The highest BCUT2D eigenvalue weighted by Crippen LogP contribution is 2.27. The van der Waals surface area contributed by atoms with Gasteiger partial charge in [-0.3, -0.25) is 4.79 Å². The normalized spacial score (nSPS) is 14.1. The van der Waals surface area contributed by atoms with Gasteiger partial charge >= 0.3 is 5.97 Å². The molecule has 1 aromatic carbocycles. The number of β-amino-alcohol motifs (C(OH)–C–C–N with tert-alkyl or cyclic N) is 1. The first-order valence-corrected chi connectivity index (χ1v) is 8.62. The van der Waals surface area contributed by atoms with Crippen molar-refractivity contribution in [3.63, 3.8) is 0 Å². The number of methoxy groups -OCH3 is 1. The molecule has 0 fully saturated rings. The lowest BCUT2D eigenvalue weighted by molar-refractivity contribution is -0.136. The Morgan fingerprint density at radius 3 is 2.85 bits per heavy atom. The summed E-state index contributed by atoms with van der Waals surface area (Å²) in [6.07, 6.45) is 3.43. The van der Waals surface area contributed by atoms with E-state index < -0.39 is 5.97 Å². The molecule has 2 aromatic rings. The number of hydrogen-bond acceptors (Lipinski definition) is 6. The standard InChI is InChI=1S/C17H17BrN4O4/c1-26-17(25)12-10-21(6-7-23)16(24)15(12)20-13-4-2-3-5-14(13)22-9-11(18)8-19-22/h2-5,8-9,20,23H,6-7,10H2,1H3. The molecule has 0 bridgehead atoms. The van der Waals surface area contributed by atoms with Crippen LogP contribution in [0.25, 0.3) is 5.69 Å². The number of benzene rings is 1. The molecule has 0 saturated heterocycles. The molecule has 0 unspecified atom stereocenters. The number of rotatable bonds is 6. The van der Waals surface area contributed by atoms with Gasteiger partial charge < -0.3 is 20.1 Å². The summed E-state index contributed by atoms with van der Waals surface area (Å²) >= 11 is 3.36. The predicted octanol–water partition coefficient (Wildman–Crippen LogP) is 1.31. The van der Waals surface area contributed by atoms with Crippen LogP contribution < -0.4 is 5.32 Å². The lowest BCUT2D eigenvalue weighted by Gasteiger charge is -2.16. The van der Waals surface area contributed by atoms with Crippen molar-refractivity contribution in [1.82, 2.24) is 14.7 Å². The second-order valence-corrected chi connectivity index (χ2v) is 6.46. The van der Waals surface area contributed by atoms with Crippen molar-refractivity contribution >= 4 is 33.5 Å². The molecule has 26 heavy (non-hydrogen) atoms. The zero-order chi connectivity index (χ0) is 18.7. The van der Waals surface area contributed by atoms with E-state index in [2.05, 4.69) is 26.3 Å². The Balaban J connectivity index is 1.98. The largest absolute Gasteiger partial charge is 0.466 e. The van der Waals surface area contributed by atoms with E-state index in [-0.39, 0.29) is 36.9 Å². The Morgan fingerprint density at radius 2 is 2.19 bits per heavy atom. The van der Waals surface area contributed by atoms with Gasteiger partial charge in [-0.1, -0.05) is 12.1 Å². The fraction of sp³-hybridized carbons (Fsp3) is 0.235. The van der Waals surface area contributed by atoms with E-state index in [1.807, 2.05) is 18.2 Å². The maximum atomic E-state index is 12.6. The molecule has 136 valence electrons. The second-order valence-electron chi connectivity index (χ2n) is 5.54. The molecule has 0 atom stereocenters. The fourth-order valence-electron chi connectivity index (χ4n) is 2.70. The maximum Gasteiger partial charge on any atom is 0.337 e. The summed E-state index contributed by atoms with van der Waals surface area (Å²) in [6, 6.07) is 7.29. The average Bonchev–Trinajstić information content (AvgIpc) is 3.20. The molecule has 0 radical (unpaired) electrons. The third-order valence-electron chi connectivity index (χ3n) is 3.92. The van der Waals surface area contributed by atoms with Crippen molar-refractivity contribution in [1.29, 1.82) is 0 Å². The first kappa shape index (κ1) is 18.2. The lowest BCUT2D eigenvalue weighted by Crippen LogP contribution is -2.31. The molecule has 1 aliphatic heterocycles. The molecule has 0 spiro atoms. The summed E-state index contributed by atoms with van der Waals surface area (Å²) in [5.41, 5.74) is 1.69. The number of hydrogen-bond donors (Lipinski definition) is 2. The number of anilines is 1. The molecule has 1 aliphatic rings. The molecule has 2 heterocycles. The Kier molecular flexibility index (Phi) is 5.38. The Bertz CT molecular complexity index is 877. The Labute approximate surface area is 158 Å². The predicted molar refractivity (Wildman–Crippen MR) is 97.6 cm³/mol. The van der Waals surface area contributed by atoms with Gasteiger partial charge in [0.1, 0.15) is 5.70 Å². The van der Waals surface area contributed by atoms with Crippen LogP contribution in [0.1, 0.15) is 0 Å². The van der Waals surface area contributed by atoms with Crippen LogP contribution in [0.5, 0.6) is 0 Å². The number of para-hydroxylation sites is 2. The van der Waals surface area contributed by atoms with Crippen molar-refractivity contribution in [3.05, 3.63) is 52.4 Å². The van der Waals surface area contributed by atoms with Crippen LogP contribution in [0.4, 0.5) is 5.69 Å². The number of nitrogens with zero attached hydrogens (tertiary/aromatic N) is 3. The van der Waals surface area contributed by atoms with Crippen molar-refractivity contribution in [2.45, 2.75) is 0 Å². The third-order valence-corrected chi connectivity index (χ3v) is 4.32. The second kappa shape index (κ2) is 7.71. The number of aliphatic hydroxyl groups is 1. The highest BCUT2D eigenvalue weighted by molar-refractivity contribution is 9.10. The fourth-order valence-corrected chi connectivity index (χ4v) is 2.98. The molecular weight excluding hydrogens is 404 g/mol. The number of carbonyl (C=O) groups excluding carboxylic acids is 2. The number of esters is 1. The van der Waals surface area contributed by atoms with Gasteiger partial charge in [0, 0.05) is 12.7 Å². The average molecular weight is 421 g/mol. The summed E-state index contributed by atoms with van der Waals surface area (Å²) in [7, 11) is 1.27. The Morgan fingerprint density at radius 1 is 1.42 bits per heavy atom. The Hall–Kier alpha value is -2.65. The smallest absolute Gasteiger partial charge is 0.337 e. The van der Waals surface area contributed by atoms with Crippen molar-refractivity contribution in [2.24, 2.45) is 0 Å². The molecule has 8 nitrogen and oxygen atoms in total. The summed E-state index contributed by atoms with van der Waals surface area (Å²) in [5, 5.41) is 16.4. The summed E-state index contributed by atoms with van der Waals surface area (Å²) in [5.74, 6) is -0.948. The van der Waals surface area contributed by atoms with E-state index in [1.54, 1.807) is 23.1 Å². The lowest BCUT2D eigenvalue weighted by atomic mass is 10.2. The minimum absolute atomic E-state index is 0.0872. The van der Waals surface area contributed by atoms with Crippen LogP contribution in [0.2, 0.25) is 0 Å². The third kappa shape index (κ3) is 3.49. The maximum absolute atomic E-state index is 12.6. The van der Waals surface area contributed by atoms with Crippen molar-refractivity contribution in [3.8, 4) is 5.69 Å². The van der Waals surface area contributed by atoms with Crippen molar-refractivity contribution < 1.29 is 19.4 Å². The van der Waals surface area contributed by atoms with Crippen LogP contribution in [0, 0.1) is 0 Å². The van der Waals surface area contributed by atoms with E-state index in [0.717, 1.165) is 4.47 Å². The van der Waals surface area contributed by atoms with E-state index in [4.69, 9.17) is 9.84 Å². The summed E-state index contributed by atoms with van der Waals surface area (Å²) in [4.78, 5) is 26.1. The number of amides is 1. The number of aromatic nitrogens is 2. The van der Waals surface area contributed by atoms with Crippen molar-refractivity contribution in [2.75, 3.05) is 32.1 Å². The van der Waals surface area contributed by atoms with E-state index in [1.165, 1.54) is 12.0 Å². The minimum Gasteiger partial charge on any atom is -0.466 e. The van der Waals surface area contributed by atoms with Gasteiger partial charge in [-0.15, -0.1) is 0 Å². The number of aliphatic hydroxyl groups excluding tert-OH is 1. The van der Waals surface area contributed by atoms with Gasteiger partial charge in [-0.2, -0.15) is 5.10 Å². The molecule has 2 N–H and O–H groups in total. The molecule has 1 amide bonds. The van der Waals surface area contributed by atoms with Gasteiger partial charge in [0.25, 0.3) is 5.91 Å². The molecule has 1 aromatic heterocycles. The summed E-state index contributed by atoms with van der Waals surface area (Å²) in [6.45, 7) is 0.0352. The summed E-state index contributed by atoms with van der Waals surface area (Å²) < 4.78 is 7.25. The van der Waals surface area contributed by atoms with E-state index in [0.29, 0.717) is 11.4 Å². The van der Waals surface area contributed by atoms with Gasteiger partial charge in [0.2, 0.25) is 0 Å². The number of nitrogens with one attached hydrogen (secondary N) is 1. The van der Waals surface area contributed by atoms with Crippen LogP contribution >= 0.6 is 15.9 Å². The van der Waals surface area contributed by atoms with Crippen LogP contribution in [-0.4, -0.2) is 58.5 Å². The van der Waals surface area contributed by atoms with Crippen LogP contribution in [-0.2, 0) is 14.3 Å². The number of carbonyl (C=O) groups is 2. The molecule has 0 saturated carbocycles. The molecule has 9 heteroatoms. The minimum atomic E-state index is -0.583. The monoisotopic (exact) mass is 420 g/mol. The first-order chi connectivity index (χ1) is 12.5. The highest BCUT2D eigenvalue weighted by Gasteiger charge is 2.34. The van der Waals surface area contributed by atoms with Crippen LogP contribution in [0.3, 0.4) is 0 Å². The zero-order valence-electron chi connectivity index (χ0n) is 14.0. The van der Waals surface area contributed by atoms with Gasteiger partial charge in [0.05, 0.1) is 47.9 Å². The zero-order valence-corrected chi connectivity index (χ0v) is 15.6. The van der Waals surface area contributed by atoms with Gasteiger partial charge in [0.15, 0.2) is 0 Å². The first-order valence-electron chi connectivity index (χ1n) is 7.83. The quantitative estimate of drug-likeness (QED) is 0.683. The molecule has 0 aliphatic carbocycles. The van der Waals surface area contributed by atoms with Gasteiger partial charge in [-0.05, 0) is 28.1 Å².